The van der Waals surface area contributed by atoms with E-state index in [-0.39, 0.29) is 29.0 Å². The molecule has 2 rings (SSSR count). The minimum absolute atomic E-state index is 0.0162. The van der Waals surface area contributed by atoms with E-state index in [4.69, 9.17) is 11.6 Å². The van der Waals surface area contributed by atoms with Gasteiger partial charge in [-0.15, -0.1) is 0 Å². The van der Waals surface area contributed by atoms with Crippen LogP contribution in [0, 0.1) is 12.7 Å². The normalized spacial score (nSPS) is 16.8. The number of nitrogens with one attached hydrogen (secondary N) is 1. The highest BCUT2D eigenvalue weighted by atomic mass is 35.5. The summed E-state index contributed by atoms with van der Waals surface area (Å²) in [7, 11) is 0. The van der Waals surface area contributed by atoms with Crippen molar-refractivity contribution < 1.29 is 18.0 Å². The maximum atomic E-state index is 13.2. The minimum atomic E-state index is -2.61. The van der Waals surface area contributed by atoms with E-state index >= 15 is 0 Å². The van der Waals surface area contributed by atoms with Crippen LogP contribution >= 0.6 is 11.6 Å². The molecule has 0 saturated heterocycles. The largest absolute Gasteiger partial charge is 0.341 e. The molecule has 0 unspecified atom stereocenters. The number of hydrogen-bond acceptors (Lipinski definition) is 1. The number of alkyl halides is 2. The number of carbonyl (C=O) groups excluding carboxylic acids is 1. The van der Waals surface area contributed by atoms with Crippen LogP contribution in [0.15, 0.2) is 12.1 Å². The Labute approximate surface area is 107 Å². The molecule has 1 aromatic carbocycles. The fourth-order valence-corrected chi connectivity index (χ4v) is 1.90. The van der Waals surface area contributed by atoms with Crippen molar-refractivity contribution in [3.05, 3.63) is 34.1 Å². The Balaban J connectivity index is 2.23. The lowest BCUT2D eigenvalue weighted by Gasteiger charge is -2.17. The van der Waals surface area contributed by atoms with Gasteiger partial charge in [0.15, 0.2) is 0 Å². The summed E-state index contributed by atoms with van der Waals surface area (Å²) in [6.07, 6.45) is -2.12. The van der Waals surface area contributed by atoms with E-state index in [1.807, 2.05) is 0 Å². The highest BCUT2D eigenvalue weighted by molar-refractivity contribution is 6.34. The summed E-state index contributed by atoms with van der Waals surface area (Å²) in [6.45, 7) is 1.43. The second-order valence-corrected chi connectivity index (χ2v) is 4.82. The lowest BCUT2D eigenvalue weighted by Crippen LogP contribution is -2.42. The smallest absolute Gasteiger partial charge is 0.261 e. The molecule has 0 atom stereocenters. The molecule has 1 aromatic rings. The fourth-order valence-electron chi connectivity index (χ4n) is 1.66. The summed E-state index contributed by atoms with van der Waals surface area (Å²) in [6, 6.07) is 2.29. The maximum absolute atomic E-state index is 13.2. The quantitative estimate of drug-likeness (QED) is 0.902. The van der Waals surface area contributed by atoms with Crippen LogP contribution in [0.1, 0.15) is 28.8 Å². The number of halogens is 4. The van der Waals surface area contributed by atoms with Crippen LogP contribution in [0.25, 0.3) is 0 Å². The van der Waals surface area contributed by atoms with Crippen LogP contribution in [-0.2, 0) is 0 Å². The van der Waals surface area contributed by atoms with Gasteiger partial charge in [0.25, 0.3) is 12.3 Å². The van der Waals surface area contributed by atoms with E-state index in [0.717, 1.165) is 6.07 Å². The first-order valence-corrected chi connectivity index (χ1v) is 5.80. The zero-order valence-corrected chi connectivity index (χ0v) is 10.3. The Bertz CT molecular complexity index is 500. The van der Waals surface area contributed by atoms with Crippen molar-refractivity contribution in [2.45, 2.75) is 31.7 Å². The van der Waals surface area contributed by atoms with Crippen molar-refractivity contribution in [1.29, 1.82) is 0 Å². The molecule has 2 nitrogen and oxygen atoms in total. The van der Waals surface area contributed by atoms with Gasteiger partial charge in [-0.3, -0.25) is 4.79 Å². The van der Waals surface area contributed by atoms with Crippen LogP contribution in [-0.4, -0.2) is 17.9 Å². The molecule has 1 aliphatic carbocycles. The van der Waals surface area contributed by atoms with Crippen LogP contribution in [0.5, 0.6) is 0 Å². The number of hydrogen-bond donors (Lipinski definition) is 1. The molecule has 0 bridgehead atoms. The van der Waals surface area contributed by atoms with Crippen molar-refractivity contribution in [2.75, 3.05) is 0 Å². The lowest BCUT2D eigenvalue weighted by molar-refractivity contribution is 0.0680. The second kappa shape index (κ2) is 4.46. The zero-order valence-electron chi connectivity index (χ0n) is 9.57. The Morgan fingerprint density at radius 3 is 2.56 bits per heavy atom. The van der Waals surface area contributed by atoms with E-state index in [2.05, 4.69) is 5.32 Å². The molecule has 1 fully saturated rings. The predicted molar refractivity (Wildman–Crippen MR) is 61.6 cm³/mol. The molecule has 0 heterocycles. The third kappa shape index (κ3) is 2.19. The molecular weight excluding hydrogens is 267 g/mol. The second-order valence-electron chi connectivity index (χ2n) is 4.44. The Morgan fingerprint density at radius 1 is 1.44 bits per heavy atom. The third-order valence-electron chi connectivity index (χ3n) is 3.13. The van der Waals surface area contributed by atoms with Crippen LogP contribution < -0.4 is 5.32 Å². The molecule has 0 radical (unpaired) electrons. The summed E-state index contributed by atoms with van der Waals surface area (Å²) < 4.78 is 38.5. The standard InChI is InChI=1S/C12H11ClF3NO/c1-6-8(14)3-2-7(9(6)13)10(18)17-12(4-5-12)11(15)16/h2-3,11H,4-5H2,1H3,(H,17,18). The molecule has 18 heavy (non-hydrogen) atoms. The summed E-state index contributed by atoms with van der Waals surface area (Å²) >= 11 is 5.83. The Kier molecular flexibility index (Phi) is 3.27. The van der Waals surface area contributed by atoms with E-state index in [0.29, 0.717) is 0 Å². The summed E-state index contributed by atoms with van der Waals surface area (Å²) in [5.41, 5.74) is -1.28. The molecule has 0 aliphatic heterocycles. The minimum Gasteiger partial charge on any atom is -0.341 e. The monoisotopic (exact) mass is 277 g/mol. The molecule has 0 aromatic heterocycles. The van der Waals surface area contributed by atoms with Crippen molar-refractivity contribution in [1.82, 2.24) is 5.32 Å². The van der Waals surface area contributed by atoms with E-state index in [9.17, 15) is 18.0 Å². The molecule has 1 amide bonds. The van der Waals surface area contributed by atoms with Crippen molar-refractivity contribution in [2.24, 2.45) is 0 Å². The van der Waals surface area contributed by atoms with Gasteiger partial charge in [-0.2, -0.15) is 0 Å². The van der Waals surface area contributed by atoms with Crippen LogP contribution in [0.2, 0.25) is 5.02 Å². The van der Waals surface area contributed by atoms with Gasteiger partial charge in [0.2, 0.25) is 0 Å². The van der Waals surface area contributed by atoms with Gasteiger partial charge >= 0.3 is 0 Å². The van der Waals surface area contributed by atoms with Gasteiger partial charge in [0.05, 0.1) is 10.6 Å². The number of carbonyl (C=O) groups is 1. The summed E-state index contributed by atoms with van der Waals surface area (Å²) in [5.74, 6) is -1.23. The van der Waals surface area contributed by atoms with E-state index in [1.165, 1.54) is 13.0 Å². The number of benzene rings is 1. The summed E-state index contributed by atoms with van der Waals surface area (Å²) in [4.78, 5) is 11.8. The molecular formula is C12H11ClF3NO. The van der Waals surface area contributed by atoms with E-state index < -0.39 is 23.7 Å². The van der Waals surface area contributed by atoms with Crippen molar-refractivity contribution in [3.8, 4) is 0 Å². The van der Waals surface area contributed by atoms with Gasteiger partial charge in [0.1, 0.15) is 11.4 Å². The Hall–Kier alpha value is -1.23. The maximum Gasteiger partial charge on any atom is 0.261 e. The van der Waals surface area contributed by atoms with Gasteiger partial charge in [-0.1, -0.05) is 11.6 Å². The average Bonchev–Trinajstić information content (AvgIpc) is 3.07. The fraction of sp³-hybridized carbons (Fsp3) is 0.417. The van der Waals surface area contributed by atoms with Crippen LogP contribution in [0.4, 0.5) is 13.2 Å². The average molecular weight is 278 g/mol. The highest BCUT2D eigenvalue weighted by Crippen LogP contribution is 2.41. The first-order valence-electron chi connectivity index (χ1n) is 5.42. The van der Waals surface area contributed by atoms with Crippen molar-refractivity contribution >= 4 is 17.5 Å². The molecule has 0 spiro atoms. The van der Waals surface area contributed by atoms with E-state index in [1.54, 1.807) is 0 Å². The van der Waals surface area contributed by atoms with Gasteiger partial charge in [-0.05, 0) is 31.9 Å². The zero-order chi connectivity index (χ0) is 13.5. The predicted octanol–water partition coefficient (Wildman–Crippen LogP) is 3.32. The molecule has 6 heteroatoms. The number of rotatable bonds is 3. The first-order chi connectivity index (χ1) is 8.37. The summed E-state index contributed by atoms with van der Waals surface area (Å²) in [5, 5.41) is 2.23. The van der Waals surface area contributed by atoms with Crippen LogP contribution in [0.3, 0.4) is 0 Å². The third-order valence-corrected chi connectivity index (χ3v) is 3.62. The van der Waals surface area contributed by atoms with Crippen molar-refractivity contribution in [3.63, 3.8) is 0 Å². The number of amides is 1. The molecule has 1 saturated carbocycles. The highest BCUT2D eigenvalue weighted by Gasteiger charge is 2.52. The molecule has 1 aliphatic rings. The lowest BCUT2D eigenvalue weighted by atomic mass is 10.1. The van der Waals surface area contributed by atoms with Gasteiger partial charge in [0, 0.05) is 5.56 Å². The van der Waals surface area contributed by atoms with Gasteiger partial charge in [-0.25, -0.2) is 13.2 Å². The molecule has 1 N–H and O–H groups in total. The first kappa shape index (κ1) is 13.2. The SMILES string of the molecule is Cc1c(F)ccc(C(=O)NC2(C(F)F)CC2)c1Cl. The molecule has 98 valence electrons. The Morgan fingerprint density at radius 2 is 2.06 bits per heavy atom. The topological polar surface area (TPSA) is 29.1 Å². The van der Waals surface area contributed by atoms with Gasteiger partial charge < -0.3 is 5.32 Å².